The van der Waals surface area contributed by atoms with Crippen molar-refractivity contribution in [2.75, 3.05) is 12.4 Å². The van der Waals surface area contributed by atoms with Crippen molar-refractivity contribution in [3.05, 3.63) is 98.6 Å². The van der Waals surface area contributed by atoms with E-state index in [9.17, 15) is 4.79 Å². The number of halogens is 2. The summed E-state index contributed by atoms with van der Waals surface area (Å²) < 4.78 is 6.16. The van der Waals surface area contributed by atoms with E-state index >= 15 is 0 Å². The highest BCUT2D eigenvalue weighted by Crippen LogP contribution is 2.32. The molecule has 0 bridgehead atoms. The lowest BCUT2D eigenvalue weighted by Gasteiger charge is -2.11. The number of carbonyl (C=O) groups is 1. The summed E-state index contributed by atoms with van der Waals surface area (Å²) in [6.07, 6.45) is 2.18. The highest BCUT2D eigenvalue weighted by molar-refractivity contribution is 14.1. The number of thioether (sulfide) groups is 1. The third kappa shape index (κ3) is 6.26. The van der Waals surface area contributed by atoms with Gasteiger partial charge < -0.3 is 9.84 Å². The van der Waals surface area contributed by atoms with Crippen molar-refractivity contribution in [2.24, 2.45) is 0 Å². The van der Waals surface area contributed by atoms with Crippen LogP contribution in [0.25, 0.3) is 5.57 Å². The van der Waals surface area contributed by atoms with E-state index in [0.29, 0.717) is 5.75 Å². The quantitative estimate of drug-likeness (QED) is 0.259. The first-order valence-corrected chi connectivity index (χ1v) is 11.3. The highest BCUT2D eigenvalue weighted by atomic mass is 127. The van der Waals surface area contributed by atoms with E-state index in [1.54, 1.807) is 11.8 Å². The fourth-order valence-electron chi connectivity index (χ4n) is 2.73. The summed E-state index contributed by atoms with van der Waals surface area (Å²) in [7, 11) is 0. The maximum Gasteiger partial charge on any atom is 0.341 e. The van der Waals surface area contributed by atoms with Crippen molar-refractivity contribution in [1.82, 2.24) is 0 Å². The molecule has 0 saturated heterocycles. The van der Waals surface area contributed by atoms with Gasteiger partial charge in [0.05, 0.1) is 3.57 Å². The maximum atomic E-state index is 10.7. The Balaban J connectivity index is 1.78. The number of carboxylic acid groups (broad SMARTS) is 1. The van der Waals surface area contributed by atoms with Gasteiger partial charge in [-0.3, -0.25) is 0 Å². The summed E-state index contributed by atoms with van der Waals surface area (Å²) in [6.45, 7) is -0.344. The van der Waals surface area contributed by atoms with Crippen LogP contribution in [0.3, 0.4) is 0 Å². The highest BCUT2D eigenvalue weighted by Gasteiger charge is 2.09. The van der Waals surface area contributed by atoms with E-state index in [4.69, 9.17) is 21.4 Å². The number of ether oxygens (including phenoxy) is 1. The van der Waals surface area contributed by atoms with Crippen LogP contribution < -0.4 is 4.74 Å². The average molecular weight is 537 g/mol. The molecule has 3 rings (SSSR count). The minimum absolute atomic E-state index is 0.344. The molecule has 0 aliphatic heterocycles. The molecule has 3 nitrogen and oxygen atoms in total. The van der Waals surface area contributed by atoms with Gasteiger partial charge in [0.25, 0.3) is 0 Å². The Labute approximate surface area is 192 Å². The Morgan fingerprint density at radius 2 is 1.79 bits per heavy atom. The van der Waals surface area contributed by atoms with E-state index in [2.05, 4.69) is 40.8 Å². The van der Waals surface area contributed by atoms with Gasteiger partial charge in [-0.2, -0.15) is 0 Å². The molecule has 0 atom stereocenters. The summed E-state index contributed by atoms with van der Waals surface area (Å²) >= 11 is 10.3. The number of hydrogen-bond donors (Lipinski definition) is 1. The molecule has 0 saturated carbocycles. The number of benzene rings is 3. The minimum Gasteiger partial charge on any atom is -0.481 e. The molecule has 0 amide bonds. The number of aliphatic carboxylic acids is 1. The Hall–Kier alpha value is -1.96. The zero-order valence-electron chi connectivity index (χ0n) is 15.3. The molecule has 0 heterocycles. The SMILES string of the molecule is O=C(O)COc1ccc(SCC=C(c2ccccc2)c2ccccc2Cl)cc1I. The lowest BCUT2D eigenvalue weighted by molar-refractivity contribution is -0.139. The van der Waals surface area contributed by atoms with Gasteiger partial charge >= 0.3 is 5.97 Å². The molecule has 1 N–H and O–H groups in total. The molecule has 6 heteroatoms. The molecule has 0 spiro atoms. The molecule has 29 heavy (non-hydrogen) atoms. The summed E-state index contributed by atoms with van der Waals surface area (Å²) in [4.78, 5) is 11.7. The average Bonchev–Trinajstić information content (AvgIpc) is 2.72. The Morgan fingerprint density at radius 1 is 1.07 bits per heavy atom. The lowest BCUT2D eigenvalue weighted by atomic mass is 9.98. The van der Waals surface area contributed by atoms with Gasteiger partial charge in [0.2, 0.25) is 0 Å². The van der Waals surface area contributed by atoms with Crippen molar-refractivity contribution >= 4 is 57.5 Å². The van der Waals surface area contributed by atoms with Crippen LogP contribution in [-0.2, 0) is 4.79 Å². The second-order valence-corrected chi connectivity index (χ2v) is 8.71. The number of rotatable bonds is 8. The van der Waals surface area contributed by atoms with Gasteiger partial charge in [0.15, 0.2) is 6.61 Å². The summed E-state index contributed by atoms with van der Waals surface area (Å²) in [6, 6.07) is 23.8. The molecule has 0 aliphatic carbocycles. The molecule has 3 aromatic carbocycles. The van der Waals surface area contributed by atoms with Crippen LogP contribution in [0.2, 0.25) is 5.02 Å². The summed E-state index contributed by atoms with van der Waals surface area (Å²) in [5, 5.41) is 9.47. The van der Waals surface area contributed by atoms with E-state index in [0.717, 1.165) is 35.9 Å². The van der Waals surface area contributed by atoms with Gasteiger partial charge in [-0.1, -0.05) is 66.2 Å². The largest absolute Gasteiger partial charge is 0.481 e. The van der Waals surface area contributed by atoms with E-state index in [-0.39, 0.29) is 6.61 Å². The Kier molecular flexibility index (Phi) is 8.03. The van der Waals surface area contributed by atoms with Crippen LogP contribution in [0.15, 0.2) is 83.8 Å². The van der Waals surface area contributed by atoms with Crippen LogP contribution in [-0.4, -0.2) is 23.4 Å². The standard InChI is InChI=1S/C23H18ClIO3S/c24-20-9-5-4-8-19(20)18(16-6-2-1-3-7-16)12-13-29-17-10-11-22(21(25)14-17)28-15-23(26)27/h1-12,14H,13,15H2,(H,26,27). The van der Waals surface area contributed by atoms with Crippen LogP contribution in [0.1, 0.15) is 11.1 Å². The van der Waals surface area contributed by atoms with Crippen LogP contribution >= 0.6 is 46.0 Å². The smallest absolute Gasteiger partial charge is 0.341 e. The van der Waals surface area contributed by atoms with Crippen molar-refractivity contribution in [3.63, 3.8) is 0 Å². The van der Waals surface area contributed by atoms with Gasteiger partial charge in [-0.15, -0.1) is 11.8 Å². The second-order valence-electron chi connectivity index (χ2n) is 6.05. The van der Waals surface area contributed by atoms with E-state index in [1.807, 2.05) is 60.7 Å². The van der Waals surface area contributed by atoms with Crippen molar-refractivity contribution in [2.45, 2.75) is 4.90 Å². The maximum absolute atomic E-state index is 10.7. The first-order valence-electron chi connectivity index (χ1n) is 8.82. The minimum atomic E-state index is -0.989. The van der Waals surface area contributed by atoms with Crippen molar-refractivity contribution in [1.29, 1.82) is 0 Å². The van der Waals surface area contributed by atoms with Gasteiger partial charge in [0, 0.05) is 21.2 Å². The number of carboxylic acids is 1. The molecule has 3 aromatic rings. The molecule has 0 aliphatic rings. The first kappa shape index (κ1) is 21.7. The molecule has 0 aromatic heterocycles. The van der Waals surface area contributed by atoms with Gasteiger partial charge in [-0.05, 0) is 58.0 Å². The Bertz CT molecular complexity index is 1020. The molecule has 0 unspecified atom stereocenters. The van der Waals surface area contributed by atoms with Crippen LogP contribution in [0.5, 0.6) is 5.75 Å². The van der Waals surface area contributed by atoms with E-state index < -0.39 is 5.97 Å². The third-order valence-corrected chi connectivity index (χ3v) is 6.13. The first-order chi connectivity index (χ1) is 14.0. The fourth-order valence-corrected chi connectivity index (χ4v) is 4.66. The predicted octanol–water partition coefficient (Wildman–Crippen LogP) is 6.63. The molecular formula is C23H18ClIO3S. The van der Waals surface area contributed by atoms with Crippen molar-refractivity contribution < 1.29 is 14.6 Å². The lowest BCUT2D eigenvalue weighted by Crippen LogP contribution is -2.10. The predicted molar refractivity (Wildman–Crippen MR) is 128 cm³/mol. The molecule has 0 fully saturated rings. The van der Waals surface area contributed by atoms with E-state index in [1.165, 1.54) is 0 Å². The Morgan fingerprint density at radius 3 is 2.48 bits per heavy atom. The zero-order valence-corrected chi connectivity index (χ0v) is 19.1. The van der Waals surface area contributed by atoms with Crippen molar-refractivity contribution in [3.8, 4) is 5.75 Å². The number of hydrogen-bond acceptors (Lipinski definition) is 3. The normalized spacial score (nSPS) is 11.3. The zero-order chi connectivity index (χ0) is 20.6. The van der Waals surface area contributed by atoms with Crippen LogP contribution in [0, 0.1) is 3.57 Å². The molecule has 148 valence electrons. The van der Waals surface area contributed by atoms with Gasteiger partial charge in [-0.25, -0.2) is 4.79 Å². The molecule has 0 radical (unpaired) electrons. The molecular weight excluding hydrogens is 519 g/mol. The topological polar surface area (TPSA) is 46.5 Å². The summed E-state index contributed by atoms with van der Waals surface area (Å²) in [5.74, 6) is 0.354. The monoisotopic (exact) mass is 536 g/mol. The van der Waals surface area contributed by atoms with Crippen LogP contribution in [0.4, 0.5) is 0 Å². The second kappa shape index (κ2) is 10.7. The fraction of sp³-hybridized carbons (Fsp3) is 0.0870. The van der Waals surface area contributed by atoms with Gasteiger partial charge in [0.1, 0.15) is 5.75 Å². The summed E-state index contributed by atoms with van der Waals surface area (Å²) in [5.41, 5.74) is 3.22. The third-order valence-electron chi connectivity index (χ3n) is 4.04.